The molecule has 0 unspecified atom stereocenters. The molecule has 0 aliphatic rings. The topological polar surface area (TPSA) is 0 Å². The van der Waals surface area contributed by atoms with Crippen molar-refractivity contribution in [3.05, 3.63) is 103 Å². The van der Waals surface area contributed by atoms with E-state index in [1.54, 1.807) is 0 Å². The van der Waals surface area contributed by atoms with Crippen LogP contribution in [-0.2, 0) is 10.8 Å². The molecule has 0 saturated carbocycles. The zero-order valence-electron chi connectivity index (χ0n) is 29.6. The van der Waals surface area contributed by atoms with Crippen molar-refractivity contribution >= 4 is 77.7 Å². The Bertz CT molecular complexity index is 2180. The first-order valence-corrected chi connectivity index (χ1v) is 20.1. The molecule has 0 amide bonds. The lowest BCUT2D eigenvalue weighted by Crippen LogP contribution is -2.12. The summed E-state index contributed by atoms with van der Waals surface area (Å²) in [5.74, 6) is 0. The van der Waals surface area contributed by atoms with Gasteiger partial charge in [0, 0.05) is 61.3 Å². The maximum absolute atomic E-state index is 2.55. The van der Waals surface area contributed by atoms with Gasteiger partial charge in [0.1, 0.15) is 0 Å². The van der Waals surface area contributed by atoms with Gasteiger partial charge in [-0.25, -0.2) is 0 Å². The summed E-state index contributed by atoms with van der Waals surface area (Å²) in [6.07, 6.45) is 0. The van der Waals surface area contributed by atoms with Crippen molar-refractivity contribution in [3.8, 4) is 41.8 Å². The van der Waals surface area contributed by atoms with E-state index in [1.807, 2.05) is 45.3 Å². The Morgan fingerprint density at radius 1 is 0.354 bits per heavy atom. The van der Waals surface area contributed by atoms with Crippen molar-refractivity contribution in [1.29, 1.82) is 0 Å². The lowest BCUT2D eigenvalue weighted by Gasteiger charge is -2.29. The average molecular weight is 699 g/mol. The molecule has 0 spiro atoms. The van der Waals surface area contributed by atoms with Crippen LogP contribution in [0.4, 0.5) is 0 Å². The van der Waals surface area contributed by atoms with Gasteiger partial charge in [0.25, 0.3) is 0 Å². The molecule has 4 heteroatoms. The van der Waals surface area contributed by atoms with E-state index in [9.17, 15) is 0 Å². The summed E-state index contributed by atoms with van der Waals surface area (Å²) >= 11 is 7.71. The summed E-state index contributed by atoms with van der Waals surface area (Å²) in [6.45, 7) is 23.2. The smallest absolute Gasteiger partial charge is 0.0358 e. The normalized spacial score (nSPS) is 12.8. The fourth-order valence-corrected chi connectivity index (χ4v) is 11.0. The van der Waals surface area contributed by atoms with E-state index in [0.717, 1.165) is 0 Å². The van der Waals surface area contributed by atoms with Gasteiger partial charge in [-0.15, -0.1) is 45.3 Å². The van der Waals surface area contributed by atoms with Gasteiger partial charge < -0.3 is 0 Å². The van der Waals surface area contributed by atoms with Crippen molar-refractivity contribution in [1.82, 2.24) is 0 Å². The fraction of sp³-hybridized carbons (Fsp3) is 0.273. The highest BCUT2D eigenvalue weighted by Gasteiger charge is 2.30. The summed E-state index contributed by atoms with van der Waals surface area (Å²) in [7, 11) is 0. The fourth-order valence-electron chi connectivity index (χ4n) is 7.32. The highest BCUT2D eigenvalue weighted by atomic mass is 32.1. The Morgan fingerprint density at radius 3 is 0.750 bits per heavy atom. The van der Waals surface area contributed by atoms with Crippen LogP contribution in [0.3, 0.4) is 0 Å². The van der Waals surface area contributed by atoms with E-state index >= 15 is 0 Å². The molecule has 0 aliphatic heterocycles. The van der Waals surface area contributed by atoms with Crippen LogP contribution >= 0.6 is 45.3 Å². The van der Waals surface area contributed by atoms with E-state index in [-0.39, 0.29) is 10.8 Å². The minimum absolute atomic E-state index is 0.0193. The predicted octanol–water partition coefficient (Wildman–Crippen LogP) is 15.3. The molecule has 4 aromatic carbocycles. The maximum atomic E-state index is 2.55. The Kier molecular flexibility index (Phi) is 7.40. The lowest BCUT2D eigenvalue weighted by molar-refractivity contribution is 0.591. The van der Waals surface area contributed by atoms with Gasteiger partial charge in [-0.2, -0.15) is 0 Å². The van der Waals surface area contributed by atoms with E-state index in [0.29, 0.717) is 0 Å². The summed E-state index contributed by atoms with van der Waals surface area (Å²) in [4.78, 5) is 10.8. The standard InChI is InChI=1S/C44H42S4/c1-23-11-15-33(45-23)39-29-19-27(43(5,6)7)21-31-37(29)38-30(40(39)34-16-12-24(2)46-34)20-28(44(8,9)10)22-32(38)42(36-18-14-26(4)48-36)41(31)35-17-13-25(3)47-35/h11-22H,1-10H3. The van der Waals surface area contributed by atoms with Gasteiger partial charge in [0.15, 0.2) is 0 Å². The maximum Gasteiger partial charge on any atom is 0.0358 e. The van der Waals surface area contributed by atoms with E-state index in [1.165, 1.54) is 105 Å². The molecule has 8 aromatic rings. The molecule has 0 nitrogen and oxygen atoms in total. The Morgan fingerprint density at radius 2 is 0.583 bits per heavy atom. The lowest BCUT2D eigenvalue weighted by atomic mass is 9.76. The van der Waals surface area contributed by atoms with Gasteiger partial charge in [-0.1, -0.05) is 41.5 Å². The van der Waals surface area contributed by atoms with E-state index in [4.69, 9.17) is 0 Å². The molecule has 4 aromatic heterocycles. The highest BCUT2D eigenvalue weighted by Crippen LogP contribution is 2.57. The first-order chi connectivity index (χ1) is 22.7. The van der Waals surface area contributed by atoms with Crippen LogP contribution in [0.25, 0.3) is 74.1 Å². The second kappa shape index (κ2) is 11.1. The number of benzene rings is 4. The van der Waals surface area contributed by atoms with Crippen LogP contribution in [0.15, 0.2) is 72.8 Å². The van der Waals surface area contributed by atoms with Gasteiger partial charge in [0.05, 0.1) is 0 Å². The molecular formula is C44H42S4. The van der Waals surface area contributed by atoms with Crippen molar-refractivity contribution in [3.63, 3.8) is 0 Å². The van der Waals surface area contributed by atoms with Crippen molar-refractivity contribution in [2.45, 2.75) is 80.1 Å². The molecule has 0 fully saturated rings. The number of aryl methyl sites for hydroxylation is 4. The van der Waals surface area contributed by atoms with Gasteiger partial charge >= 0.3 is 0 Å². The molecule has 4 heterocycles. The molecule has 8 rings (SSSR count). The second-order valence-electron chi connectivity index (χ2n) is 15.5. The molecule has 0 saturated heterocycles. The SMILES string of the molecule is Cc1ccc(-c2c(-c3ccc(C)s3)c3cc(C(C)(C)C)cc4c(-c5ccc(C)s5)c(-c5ccc(C)s5)c5cc(C(C)(C)C)cc2c5c34)s1. The second-order valence-corrected chi connectivity index (χ2v) is 20.7. The highest BCUT2D eigenvalue weighted by molar-refractivity contribution is 7.17. The van der Waals surface area contributed by atoms with Crippen LogP contribution in [0, 0.1) is 27.7 Å². The van der Waals surface area contributed by atoms with Gasteiger partial charge in [-0.3, -0.25) is 0 Å². The first kappa shape index (κ1) is 32.0. The summed E-state index contributed by atoms with van der Waals surface area (Å²) in [6, 6.07) is 28.9. The number of thiophene rings is 4. The first-order valence-electron chi connectivity index (χ1n) is 16.8. The summed E-state index contributed by atoms with van der Waals surface area (Å²) in [5.41, 5.74) is 8.28. The summed E-state index contributed by atoms with van der Waals surface area (Å²) in [5, 5.41) is 8.33. The quantitative estimate of drug-likeness (QED) is 0.161. The number of hydrogen-bond donors (Lipinski definition) is 0. The predicted molar refractivity (Wildman–Crippen MR) is 220 cm³/mol. The van der Waals surface area contributed by atoms with E-state index in [2.05, 4.69) is 142 Å². The Hall–Kier alpha value is -3.28. The van der Waals surface area contributed by atoms with Gasteiger partial charge in [-0.05, 0) is 155 Å². The van der Waals surface area contributed by atoms with Crippen LogP contribution < -0.4 is 0 Å². The third kappa shape index (κ3) is 5.10. The Balaban J connectivity index is 1.75. The molecule has 0 radical (unpaired) electrons. The average Bonchev–Trinajstić information content (AvgIpc) is 3.83. The monoisotopic (exact) mass is 698 g/mol. The number of rotatable bonds is 4. The van der Waals surface area contributed by atoms with Crippen molar-refractivity contribution < 1.29 is 0 Å². The molecule has 0 bridgehead atoms. The minimum atomic E-state index is -0.0193. The van der Waals surface area contributed by atoms with E-state index < -0.39 is 0 Å². The van der Waals surface area contributed by atoms with Crippen molar-refractivity contribution in [2.75, 3.05) is 0 Å². The largest absolute Gasteiger partial charge is 0.141 e. The Labute approximate surface area is 301 Å². The van der Waals surface area contributed by atoms with Crippen LogP contribution in [0.2, 0.25) is 0 Å². The molecule has 0 atom stereocenters. The van der Waals surface area contributed by atoms with Crippen LogP contribution in [-0.4, -0.2) is 0 Å². The molecule has 0 aliphatic carbocycles. The van der Waals surface area contributed by atoms with Crippen LogP contribution in [0.1, 0.15) is 72.2 Å². The zero-order valence-corrected chi connectivity index (χ0v) is 32.8. The minimum Gasteiger partial charge on any atom is -0.141 e. The molecule has 48 heavy (non-hydrogen) atoms. The zero-order chi connectivity index (χ0) is 33.9. The van der Waals surface area contributed by atoms with Crippen molar-refractivity contribution in [2.24, 2.45) is 0 Å². The molecule has 242 valence electrons. The third-order valence-corrected chi connectivity index (χ3v) is 13.9. The molecular weight excluding hydrogens is 657 g/mol. The molecule has 0 N–H and O–H groups in total. The summed E-state index contributed by atoms with van der Waals surface area (Å²) < 4.78 is 0. The van der Waals surface area contributed by atoms with Gasteiger partial charge in [0.2, 0.25) is 0 Å². The van der Waals surface area contributed by atoms with Crippen LogP contribution in [0.5, 0.6) is 0 Å². The number of hydrogen-bond acceptors (Lipinski definition) is 4. The third-order valence-electron chi connectivity index (χ3n) is 9.78.